The van der Waals surface area contributed by atoms with E-state index in [4.69, 9.17) is 21.7 Å². The number of nitrogens with two attached hydrogens (primary N) is 2. The SMILES string of the molecule is CCCCN(N)c1ncc(-c2ccc(CN(CC)CC)cn2)c(N(N)C2CCC(O)CC2)n1. The second-order valence-corrected chi connectivity index (χ2v) is 8.84. The number of hydrazine groups is 2. The smallest absolute Gasteiger partial charge is 0.241 e. The molecule has 9 nitrogen and oxygen atoms in total. The van der Waals surface area contributed by atoms with Gasteiger partial charge in [-0.1, -0.05) is 33.3 Å². The molecule has 3 rings (SSSR count). The summed E-state index contributed by atoms with van der Waals surface area (Å²) in [5.41, 5.74) is 2.73. The summed E-state index contributed by atoms with van der Waals surface area (Å²) in [5.74, 6) is 13.9. The van der Waals surface area contributed by atoms with E-state index in [2.05, 4.69) is 36.7 Å². The van der Waals surface area contributed by atoms with Crippen molar-refractivity contribution in [2.75, 3.05) is 29.7 Å². The van der Waals surface area contributed by atoms with E-state index in [1.807, 2.05) is 12.3 Å². The molecular formula is C24H40N8O. The Bertz CT molecular complexity index is 850. The molecule has 0 aromatic carbocycles. The standard InChI is InChI=1S/C24H40N8O/c1-4-7-14-31(25)24-28-16-21(22-13-8-18(15-27-22)17-30(5-2)6-3)23(29-24)32(26)19-9-11-20(33)12-10-19/h8,13,15-16,19-20,33H,4-7,9-12,14,17,25-26H2,1-3H3. The molecule has 2 aromatic rings. The third-order valence-electron chi connectivity index (χ3n) is 6.47. The first-order chi connectivity index (χ1) is 16.0. The van der Waals surface area contributed by atoms with Gasteiger partial charge in [-0.05, 0) is 56.8 Å². The highest BCUT2D eigenvalue weighted by Crippen LogP contribution is 2.32. The van der Waals surface area contributed by atoms with Crippen LogP contribution >= 0.6 is 0 Å². The van der Waals surface area contributed by atoms with E-state index in [9.17, 15) is 5.11 Å². The quantitative estimate of drug-likeness (QED) is 0.346. The molecule has 2 aromatic heterocycles. The van der Waals surface area contributed by atoms with Gasteiger partial charge in [-0.25, -0.2) is 16.7 Å². The first kappa shape index (κ1) is 25.3. The lowest BCUT2D eigenvalue weighted by Crippen LogP contribution is -2.45. The molecule has 33 heavy (non-hydrogen) atoms. The Hall–Kier alpha value is -2.33. The van der Waals surface area contributed by atoms with E-state index in [1.165, 1.54) is 5.56 Å². The van der Waals surface area contributed by atoms with Gasteiger partial charge in [0.1, 0.15) is 0 Å². The van der Waals surface area contributed by atoms with Crippen LogP contribution in [0, 0.1) is 0 Å². The van der Waals surface area contributed by atoms with E-state index in [0.29, 0.717) is 18.3 Å². The normalized spacial score (nSPS) is 18.5. The second kappa shape index (κ2) is 12.2. The van der Waals surface area contributed by atoms with Gasteiger partial charge < -0.3 is 5.11 Å². The van der Waals surface area contributed by atoms with Gasteiger partial charge in [0.15, 0.2) is 5.82 Å². The Kier molecular flexibility index (Phi) is 9.37. The summed E-state index contributed by atoms with van der Waals surface area (Å²) < 4.78 is 0. The minimum atomic E-state index is -0.247. The molecule has 0 atom stereocenters. The molecule has 0 bridgehead atoms. The number of unbranched alkanes of at least 4 members (excludes halogenated alkanes) is 1. The average molecular weight is 457 g/mol. The van der Waals surface area contributed by atoms with E-state index < -0.39 is 0 Å². The van der Waals surface area contributed by atoms with Crippen LogP contribution in [0.4, 0.5) is 11.8 Å². The lowest BCUT2D eigenvalue weighted by molar-refractivity contribution is 0.121. The largest absolute Gasteiger partial charge is 0.393 e. The third kappa shape index (κ3) is 6.60. The zero-order valence-corrected chi connectivity index (χ0v) is 20.3. The molecule has 1 aliphatic rings. The van der Waals surface area contributed by atoms with Crippen molar-refractivity contribution in [1.82, 2.24) is 19.9 Å². The molecule has 1 saturated carbocycles. The highest BCUT2D eigenvalue weighted by molar-refractivity contribution is 5.73. The van der Waals surface area contributed by atoms with Crippen LogP contribution in [0.5, 0.6) is 0 Å². The Morgan fingerprint density at radius 3 is 2.33 bits per heavy atom. The number of nitrogens with zero attached hydrogens (tertiary/aromatic N) is 6. The Balaban J connectivity index is 1.90. The molecule has 5 N–H and O–H groups in total. The lowest BCUT2D eigenvalue weighted by Gasteiger charge is -2.34. The van der Waals surface area contributed by atoms with Crippen molar-refractivity contribution in [2.45, 2.75) is 78.0 Å². The fourth-order valence-electron chi connectivity index (χ4n) is 4.20. The molecule has 0 saturated heterocycles. The van der Waals surface area contributed by atoms with Gasteiger partial charge in [0, 0.05) is 31.5 Å². The molecular weight excluding hydrogens is 416 g/mol. The van der Waals surface area contributed by atoms with Crippen LogP contribution in [0.2, 0.25) is 0 Å². The zero-order valence-electron chi connectivity index (χ0n) is 20.3. The number of rotatable bonds is 11. The van der Waals surface area contributed by atoms with E-state index in [-0.39, 0.29) is 12.1 Å². The van der Waals surface area contributed by atoms with E-state index >= 15 is 0 Å². The van der Waals surface area contributed by atoms with Crippen LogP contribution in [0.1, 0.15) is 64.9 Å². The maximum Gasteiger partial charge on any atom is 0.241 e. The van der Waals surface area contributed by atoms with Gasteiger partial charge in [0.05, 0.1) is 17.4 Å². The van der Waals surface area contributed by atoms with Crippen LogP contribution in [-0.2, 0) is 6.54 Å². The number of aliphatic hydroxyl groups is 1. The van der Waals surface area contributed by atoms with Crippen molar-refractivity contribution >= 4 is 11.8 Å². The minimum absolute atomic E-state index is 0.0960. The number of hydrogen-bond acceptors (Lipinski definition) is 9. The van der Waals surface area contributed by atoms with Gasteiger partial charge in [-0.3, -0.25) is 19.9 Å². The van der Waals surface area contributed by atoms with Gasteiger partial charge in [0.25, 0.3) is 0 Å². The molecule has 0 aliphatic heterocycles. The predicted octanol–water partition coefficient (Wildman–Crippen LogP) is 2.84. The lowest BCUT2D eigenvalue weighted by atomic mass is 9.92. The number of hydrogen-bond donors (Lipinski definition) is 3. The molecule has 1 fully saturated rings. The van der Waals surface area contributed by atoms with Crippen molar-refractivity contribution in [3.8, 4) is 11.3 Å². The molecule has 9 heteroatoms. The molecule has 2 heterocycles. The molecule has 1 aliphatic carbocycles. The van der Waals surface area contributed by atoms with Crippen LogP contribution in [0.3, 0.4) is 0 Å². The predicted molar refractivity (Wildman–Crippen MR) is 133 cm³/mol. The van der Waals surface area contributed by atoms with E-state index in [0.717, 1.165) is 69.4 Å². The first-order valence-electron chi connectivity index (χ1n) is 12.3. The number of aromatic nitrogens is 3. The van der Waals surface area contributed by atoms with Crippen LogP contribution < -0.4 is 21.7 Å². The fourth-order valence-corrected chi connectivity index (χ4v) is 4.20. The first-order valence-corrected chi connectivity index (χ1v) is 12.3. The minimum Gasteiger partial charge on any atom is -0.393 e. The topological polar surface area (TPSA) is 121 Å². The van der Waals surface area contributed by atoms with Gasteiger partial charge in [-0.15, -0.1) is 0 Å². The average Bonchev–Trinajstić information content (AvgIpc) is 2.86. The number of pyridine rings is 1. The summed E-state index contributed by atoms with van der Waals surface area (Å²) in [6, 6.07) is 4.21. The zero-order chi connectivity index (χ0) is 23.8. The summed E-state index contributed by atoms with van der Waals surface area (Å²) in [5, 5.41) is 13.2. The summed E-state index contributed by atoms with van der Waals surface area (Å²) in [6.45, 7) is 10.0. The van der Waals surface area contributed by atoms with E-state index in [1.54, 1.807) is 16.2 Å². The van der Waals surface area contributed by atoms with Gasteiger partial charge >= 0.3 is 0 Å². The molecule has 182 valence electrons. The molecule has 0 unspecified atom stereocenters. The second-order valence-electron chi connectivity index (χ2n) is 8.84. The molecule has 0 amide bonds. The number of anilines is 2. The van der Waals surface area contributed by atoms with Crippen LogP contribution in [-0.4, -0.2) is 56.7 Å². The van der Waals surface area contributed by atoms with Crippen LogP contribution in [0.25, 0.3) is 11.3 Å². The summed E-state index contributed by atoms with van der Waals surface area (Å²) in [4.78, 5) is 16.4. The number of aliphatic hydroxyl groups excluding tert-OH is 1. The van der Waals surface area contributed by atoms with Crippen molar-refractivity contribution in [1.29, 1.82) is 0 Å². The monoisotopic (exact) mass is 456 g/mol. The van der Waals surface area contributed by atoms with Crippen molar-refractivity contribution in [3.05, 3.63) is 30.1 Å². The Morgan fingerprint density at radius 2 is 1.73 bits per heavy atom. The summed E-state index contributed by atoms with van der Waals surface area (Å²) in [7, 11) is 0. The van der Waals surface area contributed by atoms with Gasteiger partial charge in [0.2, 0.25) is 5.95 Å². The molecule has 0 spiro atoms. The van der Waals surface area contributed by atoms with Crippen molar-refractivity contribution in [2.24, 2.45) is 11.7 Å². The summed E-state index contributed by atoms with van der Waals surface area (Å²) >= 11 is 0. The fraction of sp³-hybridized carbons (Fsp3) is 0.625. The summed E-state index contributed by atoms with van der Waals surface area (Å²) in [6.07, 6.45) is 8.54. The Morgan fingerprint density at radius 1 is 1.00 bits per heavy atom. The molecule has 0 radical (unpaired) electrons. The highest BCUT2D eigenvalue weighted by Gasteiger charge is 2.27. The highest BCUT2D eigenvalue weighted by atomic mass is 16.3. The Labute approximate surface area is 197 Å². The maximum absolute atomic E-state index is 9.91. The van der Waals surface area contributed by atoms with Crippen molar-refractivity contribution < 1.29 is 5.11 Å². The van der Waals surface area contributed by atoms with Crippen LogP contribution in [0.15, 0.2) is 24.5 Å². The maximum atomic E-state index is 9.91. The van der Waals surface area contributed by atoms with Crippen molar-refractivity contribution in [3.63, 3.8) is 0 Å². The van der Waals surface area contributed by atoms with Gasteiger partial charge in [-0.2, -0.15) is 4.98 Å². The third-order valence-corrected chi connectivity index (χ3v) is 6.47.